The third kappa shape index (κ3) is 5.13. The second-order valence-electron chi connectivity index (χ2n) is 8.80. The topological polar surface area (TPSA) is 98.5 Å². The number of benzene rings is 2. The predicted octanol–water partition coefficient (Wildman–Crippen LogP) is 6.34. The molecule has 0 aliphatic heterocycles. The van der Waals surface area contributed by atoms with Crippen molar-refractivity contribution in [2.24, 2.45) is 0 Å². The maximum atomic E-state index is 13.4. The molecule has 5 aromatic rings. The second-order valence-corrected chi connectivity index (χ2v) is 11.3. The molecule has 0 saturated carbocycles. The second kappa shape index (κ2) is 10.5. The van der Waals surface area contributed by atoms with E-state index in [1.165, 1.54) is 6.07 Å². The number of fused-ring (bicyclic) bond motifs is 1. The molecule has 0 bridgehead atoms. The van der Waals surface area contributed by atoms with Gasteiger partial charge < -0.3 is 9.30 Å². The number of aromatic nitrogens is 2. The van der Waals surface area contributed by atoms with Gasteiger partial charge in [-0.25, -0.2) is 0 Å². The molecule has 0 spiro atoms. The molecule has 9 heteroatoms. The van der Waals surface area contributed by atoms with E-state index in [1.54, 1.807) is 28.1 Å². The van der Waals surface area contributed by atoms with Gasteiger partial charge in [0.15, 0.2) is 4.21 Å². The van der Waals surface area contributed by atoms with E-state index in [0.717, 1.165) is 45.6 Å². The Balaban J connectivity index is 1.59. The van der Waals surface area contributed by atoms with Crippen LogP contribution in [0.25, 0.3) is 22.0 Å². The van der Waals surface area contributed by atoms with Crippen LogP contribution in [0.4, 0.5) is 0 Å². The Bertz CT molecular complexity index is 1770. The summed E-state index contributed by atoms with van der Waals surface area (Å²) in [5.41, 5.74) is 4.29. The summed E-state index contributed by atoms with van der Waals surface area (Å²) in [4.78, 5) is 18.2. The lowest BCUT2D eigenvalue weighted by atomic mass is 10.1. The highest BCUT2D eigenvalue weighted by atomic mass is 32.3. The fourth-order valence-electron chi connectivity index (χ4n) is 4.48. The maximum Gasteiger partial charge on any atom is 0.304 e. The molecule has 0 atom stereocenters. The van der Waals surface area contributed by atoms with Crippen molar-refractivity contribution >= 4 is 32.4 Å². The molecule has 0 aliphatic carbocycles. The van der Waals surface area contributed by atoms with Gasteiger partial charge in [0.2, 0.25) is 0 Å². The van der Waals surface area contributed by atoms with E-state index in [1.807, 2.05) is 62.4 Å². The Morgan fingerprint density at radius 1 is 0.974 bits per heavy atom. The number of aryl methyl sites for hydroxylation is 2. The molecule has 0 aliphatic rings. The first-order valence-electron chi connectivity index (χ1n) is 12.2. The lowest BCUT2D eigenvalue weighted by molar-refractivity contribution is 0.484. The van der Waals surface area contributed by atoms with Crippen molar-refractivity contribution in [2.45, 2.75) is 37.4 Å². The Labute approximate surface area is 224 Å². The molecule has 7 nitrogen and oxygen atoms in total. The maximum absolute atomic E-state index is 13.4. The molecule has 0 amide bonds. The zero-order chi connectivity index (χ0) is 26.9. The van der Waals surface area contributed by atoms with Crippen LogP contribution in [-0.2, 0) is 29.5 Å². The molecule has 0 saturated heterocycles. The number of ether oxygens (including phenoxy) is 1. The average molecular weight is 547 g/mol. The molecule has 3 heterocycles. The van der Waals surface area contributed by atoms with Gasteiger partial charge in [0, 0.05) is 17.3 Å². The van der Waals surface area contributed by atoms with Crippen LogP contribution >= 0.6 is 11.3 Å². The van der Waals surface area contributed by atoms with Crippen LogP contribution in [0.15, 0.2) is 87.2 Å². The third-order valence-electron chi connectivity index (χ3n) is 6.32. The standard InChI is InChI=1S/C29H26N2O5S2/c1-3-21-16-25-28(24(4-2)30-21)26(36-22-8-6-5-7-9-22)17-27(32)31(25)18-19-10-12-20(13-11-19)23-14-15-37-29(23)38(33,34)35/h5-17H,3-4,18H2,1-2H3,(H,33,34,35). The average Bonchev–Trinajstić information content (AvgIpc) is 3.42. The Hall–Kier alpha value is -3.79. The fraction of sp³-hybridized carbons (Fsp3) is 0.172. The van der Waals surface area contributed by atoms with Crippen LogP contribution in [0.3, 0.4) is 0 Å². The molecule has 194 valence electrons. The summed E-state index contributed by atoms with van der Waals surface area (Å²) >= 11 is 0.969. The number of hydrogen-bond acceptors (Lipinski definition) is 6. The lowest BCUT2D eigenvalue weighted by Gasteiger charge is -2.17. The number of rotatable bonds is 8. The summed E-state index contributed by atoms with van der Waals surface area (Å²) < 4.78 is 40.8. The van der Waals surface area contributed by atoms with Crippen LogP contribution in [0.2, 0.25) is 0 Å². The van der Waals surface area contributed by atoms with Gasteiger partial charge in [-0.3, -0.25) is 14.3 Å². The number of pyridine rings is 2. The summed E-state index contributed by atoms with van der Waals surface area (Å²) in [7, 11) is -4.31. The summed E-state index contributed by atoms with van der Waals surface area (Å²) in [5, 5.41) is 2.43. The van der Waals surface area contributed by atoms with Gasteiger partial charge in [0.1, 0.15) is 11.5 Å². The van der Waals surface area contributed by atoms with E-state index in [0.29, 0.717) is 35.6 Å². The van der Waals surface area contributed by atoms with Crippen molar-refractivity contribution < 1.29 is 17.7 Å². The van der Waals surface area contributed by atoms with Crippen molar-refractivity contribution in [3.63, 3.8) is 0 Å². The normalized spacial score (nSPS) is 11.7. The molecule has 0 radical (unpaired) electrons. The summed E-state index contributed by atoms with van der Waals surface area (Å²) in [5.74, 6) is 1.12. The largest absolute Gasteiger partial charge is 0.456 e. The van der Waals surface area contributed by atoms with Crippen molar-refractivity contribution in [3.8, 4) is 22.6 Å². The number of nitrogens with zero attached hydrogens (tertiary/aromatic N) is 2. The molecule has 5 rings (SSSR count). The first kappa shape index (κ1) is 25.8. The summed E-state index contributed by atoms with van der Waals surface area (Å²) in [6.07, 6.45) is 1.41. The number of thiophene rings is 1. The SMILES string of the molecule is CCc1cc2c(c(Oc3ccccc3)cc(=O)n2Cc2ccc(-c3ccsc3S(=O)(=O)O)cc2)c(CC)n1. The van der Waals surface area contributed by atoms with Crippen LogP contribution < -0.4 is 10.3 Å². The van der Waals surface area contributed by atoms with Crippen molar-refractivity contribution in [3.05, 3.63) is 105 Å². The molecule has 38 heavy (non-hydrogen) atoms. The van der Waals surface area contributed by atoms with Crippen molar-refractivity contribution in [2.75, 3.05) is 0 Å². The minimum atomic E-state index is -4.31. The van der Waals surface area contributed by atoms with Gasteiger partial charge in [-0.15, -0.1) is 11.3 Å². The molecule has 0 fully saturated rings. The molecular formula is C29H26N2O5S2. The van der Waals surface area contributed by atoms with Gasteiger partial charge >= 0.3 is 10.1 Å². The van der Waals surface area contributed by atoms with Crippen LogP contribution in [0.5, 0.6) is 11.5 Å². The molecule has 1 N–H and O–H groups in total. The van der Waals surface area contributed by atoms with Crippen LogP contribution in [0, 0.1) is 0 Å². The molecule has 2 aromatic carbocycles. The Kier molecular flexibility index (Phi) is 7.16. The molecule has 0 unspecified atom stereocenters. The van der Waals surface area contributed by atoms with E-state index in [2.05, 4.69) is 0 Å². The zero-order valence-electron chi connectivity index (χ0n) is 20.9. The van der Waals surface area contributed by atoms with Crippen LogP contribution in [0.1, 0.15) is 30.8 Å². The van der Waals surface area contributed by atoms with Crippen molar-refractivity contribution in [1.29, 1.82) is 0 Å². The predicted molar refractivity (Wildman–Crippen MR) is 150 cm³/mol. The Morgan fingerprint density at radius 3 is 2.37 bits per heavy atom. The summed E-state index contributed by atoms with van der Waals surface area (Å²) in [6.45, 7) is 4.38. The first-order chi connectivity index (χ1) is 18.3. The van der Waals surface area contributed by atoms with Crippen LogP contribution in [-0.4, -0.2) is 22.5 Å². The third-order valence-corrected chi connectivity index (χ3v) is 8.64. The smallest absolute Gasteiger partial charge is 0.304 e. The van der Waals surface area contributed by atoms with E-state index < -0.39 is 10.1 Å². The highest BCUT2D eigenvalue weighted by Crippen LogP contribution is 2.34. The number of para-hydroxylation sites is 1. The molecular weight excluding hydrogens is 520 g/mol. The van der Waals surface area contributed by atoms with E-state index >= 15 is 0 Å². The highest BCUT2D eigenvalue weighted by molar-refractivity contribution is 7.88. The van der Waals surface area contributed by atoms with Gasteiger partial charge in [-0.2, -0.15) is 8.42 Å². The quantitative estimate of drug-likeness (QED) is 0.228. The minimum Gasteiger partial charge on any atom is -0.456 e. The minimum absolute atomic E-state index is 0.0897. The van der Waals surface area contributed by atoms with Gasteiger partial charge in [-0.05, 0) is 53.6 Å². The first-order valence-corrected chi connectivity index (χ1v) is 14.5. The highest BCUT2D eigenvalue weighted by Gasteiger charge is 2.19. The monoisotopic (exact) mass is 546 g/mol. The lowest BCUT2D eigenvalue weighted by Crippen LogP contribution is -2.21. The van der Waals surface area contributed by atoms with Gasteiger partial charge in [0.05, 0.1) is 23.1 Å². The molecule has 3 aromatic heterocycles. The summed E-state index contributed by atoms with van der Waals surface area (Å²) in [6, 6.07) is 21.8. The Morgan fingerprint density at radius 2 is 1.71 bits per heavy atom. The van der Waals surface area contributed by atoms with Crippen molar-refractivity contribution in [1.82, 2.24) is 9.55 Å². The van der Waals surface area contributed by atoms with E-state index in [-0.39, 0.29) is 9.77 Å². The van der Waals surface area contributed by atoms with Gasteiger partial charge in [0.25, 0.3) is 5.56 Å². The number of hydrogen-bond donors (Lipinski definition) is 1. The van der Waals surface area contributed by atoms with Gasteiger partial charge in [-0.1, -0.05) is 56.3 Å². The fourth-order valence-corrected chi connectivity index (χ4v) is 6.24. The van der Waals surface area contributed by atoms with E-state index in [9.17, 15) is 17.8 Å². The van der Waals surface area contributed by atoms with E-state index in [4.69, 9.17) is 9.72 Å². The zero-order valence-corrected chi connectivity index (χ0v) is 22.6.